The zero-order valence-corrected chi connectivity index (χ0v) is 7.40. The lowest BCUT2D eigenvalue weighted by molar-refractivity contribution is 0.186. The van der Waals surface area contributed by atoms with E-state index in [1.54, 1.807) is 12.1 Å². The molecule has 0 bridgehead atoms. The largest absolute Gasteiger partial charge is 0.504 e. The Bertz CT molecular complexity index is 288. The van der Waals surface area contributed by atoms with Gasteiger partial charge in [0.2, 0.25) is 0 Å². The van der Waals surface area contributed by atoms with Gasteiger partial charge in [0.15, 0.2) is 11.5 Å². The molecule has 1 aromatic carbocycles. The van der Waals surface area contributed by atoms with Crippen LogP contribution >= 0.6 is 0 Å². The second kappa shape index (κ2) is 4.11. The van der Waals surface area contributed by atoms with Gasteiger partial charge in [0.25, 0.3) is 0 Å². The fraction of sp³-hybridized carbons (Fsp3) is 0.333. The van der Waals surface area contributed by atoms with Crippen molar-refractivity contribution in [3.8, 4) is 11.5 Å². The Morgan fingerprint density at radius 3 is 2.77 bits per heavy atom. The molecule has 0 saturated carbocycles. The second-order valence-corrected chi connectivity index (χ2v) is 2.68. The maximum Gasteiger partial charge on any atom is 0.160 e. The first-order chi connectivity index (χ1) is 6.19. The van der Waals surface area contributed by atoms with Crippen LogP contribution in [-0.2, 0) is 0 Å². The van der Waals surface area contributed by atoms with E-state index in [9.17, 15) is 10.2 Å². The number of phenols is 1. The minimum Gasteiger partial charge on any atom is -0.504 e. The number of rotatable bonds is 3. The number of benzene rings is 1. The van der Waals surface area contributed by atoms with Crippen molar-refractivity contribution in [1.82, 2.24) is 0 Å². The van der Waals surface area contributed by atoms with Crippen LogP contribution in [-0.4, -0.2) is 23.9 Å². The topological polar surface area (TPSA) is 75.7 Å². The van der Waals surface area contributed by atoms with Crippen molar-refractivity contribution in [2.24, 2.45) is 5.73 Å². The average Bonchev–Trinajstić information content (AvgIpc) is 2.17. The lowest BCUT2D eigenvalue weighted by Gasteiger charge is -2.10. The normalized spacial score (nSPS) is 12.5. The van der Waals surface area contributed by atoms with E-state index in [-0.39, 0.29) is 12.3 Å². The van der Waals surface area contributed by atoms with Crippen molar-refractivity contribution >= 4 is 0 Å². The van der Waals surface area contributed by atoms with Crippen LogP contribution < -0.4 is 10.5 Å². The molecule has 1 aromatic rings. The highest BCUT2D eigenvalue weighted by Gasteiger charge is 2.08. The summed E-state index contributed by atoms with van der Waals surface area (Å²) in [6, 6.07) is 4.63. The number of methoxy groups -OCH3 is 1. The maximum atomic E-state index is 9.38. The van der Waals surface area contributed by atoms with Crippen LogP contribution in [0.15, 0.2) is 18.2 Å². The molecule has 4 nitrogen and oxygen atoms in total. The molecule has 0 aliphatic heterocycles. The van der Waals surface area contributed by atoms with Crippen molar-refractivity contribution in [3.63, 3.8) is 0 Å². The first kappa shape index (κ1) is 9.83. The Kier molecular flexibility index (Phi) is 3.11. The molecule has 0 aliphatic carbocycles. The quantitative estimate of drug-likeness (QED) is 0.633. The van der Waals surface area contributed by atoms with Crippen molar-refractivity contribution in [2.75, 3.05) is 13.7 Å². The highest BCUT2D eigenvalue weighted by Crippen LogP contribution is 2.28. The van der Waals surface area contributed by atoms with Crippen LogP contribution in [0.4, 0.5) is 0 Å². The third-order valence-corrected chi connectivity index (χ3v) is 1.81. The van der Waals surface area contributed by atoms with Crippen molar-refractivity contribution < 1.29 is 14.9 Å². The summed E-state index contributed by atoms with van der Waals surface area (Å²) < 4.78 is 4.88. The van der Waals surface area contributed by atoms with E-state index < -0.39 is 6.10 Å². The minimum absolute atomic E-state index is 0.0514. The van der Waals surface area contributed by atoms with Crippen LogP contribution in [0.1, 0.15) is 11.7 Å². The molecule has 4 N–H and O–H groups in total. The fourth-order valence-electron chi connectivity index (χ4n) is 1.04. The van der Waals surface area contributed by atoms with Gasteiger partial charge in [-0.3, -0.25) is 0 Å². The van der Waals surface area contributed by atoms with E-state index in [4.69, 9.17) is 10.5 Å². The van der Waals surface area contributed by atoms with Crippen LogP contribution in [0.3, 0.4) is 0 Å². The summed E-state index contributed by atoms with van der Waals surface area (Å²) in [5, 5.41) is 18.6. The monoisotopic (exact) mass is 183 g/mol. The average molecular weight is 183 g/mol. The molecule has 0 amide bonds. The molecule has 72 valence electrons. The van der Waals surface area contributed by atoms with E-state index in [1.807, 2.05) is 0 Å². The molecular weight excluding hydrogens is 170 g/mol. The molecule has 0 saturated heterocycles. The fourth-order valence-corrected chi connectivity index (χ4v) is 1.04. The molecule has 1 rings (SSSR count). The van der Waals surface area contributed by atoms with E-state index in [1.165, 1.54) is 13.2 Å². The standard InChI is InChI=1S/C9H13NO3/c1-13-9-4-6(8(12)5-10)2-3-7(9)11/h2-4,8,11-12H,5,10H2,1H3/t8-/m1/s1. The predicted octanol–water partition coefficient (Wildman–Crippen LogP) is 0.393. The molecule has 0 fully saturated rings. The number of phenolic OH excluding ortho intramolecular Hbond substituents is 1. The zero-order chi connectivity index (χ0) is 9.84. The summed E-state index contributed by atoms with van der Waals surface area (Å²) in [6.45, 7) is 0.147. The first-order valence-corrected chi connectivity index (χ1v) is 3.94. The lowest BCUT2D eigenvalue weighted by atomic mass is 10.1. The van der Waals surface area contributed by atoms with Gasteiger partial charge in [-0.25, -0.2) is 0 Å². The Morgan fingerprint density at radius 2 is 2.23 bits per heavy atom. The van der Waals surface area contributed by atoms with E-state index in [2.05, 4.69) is 0 Å². The maximum absolute atomic E-state index is 9.38. The molecule has 13 heavy (non-hydrogen) atoms. The zero-order valence-electron chi connectivity index (χ0n) is 7.40. The van der Waals surface area contributed by atoms with Gasteiger partial charge in [-0.2, -0.15) is 0 Å². The number of aliphatic hydroxyl groups excluding tert-OH is 1. The Labute approximate surface area is 76.6 Å². The van der Waals surface area contributed by atoms with Crippen molar-refractivity contribution in [1.29, 1.82) is 0 Å². The first-order valence-electron chi connectivity index (χ1n) is 3.94. The third kappa shape index (κ3) is 2.11. The molecule has 0 aliphatic rings. The summed E-state index contributed by atoms with van der Waals surface area (Å²) in [5.41, 5.74) is 5.92. The molecule has 0 unspecified atom stereocenters. The summed E-state index contributed by atoms with van der Waals surface area (Å²) in [4.78, 5) is 0. The Morgan fingerprint density at radius 1 is 1.54 bits per heavy atom. The predicted molar refractivity (Wildman–Crippen MR) is 48.7 cm³/mol. The minimum atomic E-state index is -0.713. The smallest absolute Gasteiger partial charge is 0.160 e. The molecule has 0 heterocycles. The lowest BCUT2D eigenvalue weighted by Crippen LogP contribution is -2.11. The molecule has 0 radical (unpaired) electrons. The number of ether oxygens (including phenoxy) is 1. The summed E-state index contributed by atoms with van der Waals surface area (Å²) in [5.74, 6) is 0.389. The van der Waals surface area contributed by atoms with Crippen LogP contribution in [0.2, 0.25) is 0 Å². The Hall–Kier alpha value is -1.26. The van der Waals surface area contributed by atoms with Gasteiger partial charge in [0.05, 0.1) is 13.2 Å². The van der Waals surface area contributed by atoms with Crippen LogP contribution in [0.25, 0.3) is 0 Å². The number of aliphatic hydroxyl groups is 1. The van der Waals surface area contributed by atoms with Gasteiger partial charge in [0.1, 0.15) is 0 Å². The highest BCUT2D eigenvalue weighted by molar-refractivity contribution is 5.42. The summed E-state index contributed by atoms with van der Waals surface area (Å²) >= 11 is 0. The van der Waals surface area contributed by atoms with Crippen LogP contribution in [0, 0.1) is 0 Å². The van der Waals surface area contributed by atoms with Gasteiger partial charge in [-0.15, -0.1) is 0 Å². The van der Waals surface area contributed by atoms with E-state index >= 15 is 0 Å². The third-order valence-electron chi connectivity index (χ3n) is 1.81. The van der Waals surface area contributed by atoms with Gasteiger partial charge in [0, 0.05) is 6.54 Å². The number of nitrogens with two attached hydrogens (primary N) is 1. The van der Waals surface area contributed by atoms with Gasteiger partial charge in [-0.1, -0.05) is 6.07 Å². The number of hydrogen-bond donors (Lipinski definition) is 3. The van der Waals surface area contributed by atoms with Crippen molar-refractivity contribution in [2.45, 2.75) is 6.10 Å². The van der Waals surface area contributed by atoms with Gasteiger partial charge >= 0.3 is 0 Å². The Balaban J connectivity index is 2.99. The van der Waals surface area contributed by atoms with E-state index in [0.29, 0.717) is 11.3 Å². The molecule has 4 heteroatoms. The number of aromatic hydroxyl groups is 1. The summed E-state index contributed by atoms with van der Waals surface area (Å²) in [7, 11) is 1.45. The highest BCUT2D eigenvalue weighted by atomic mass is 16.5. The summed E-state index contributed by atoms with van der Waals surface area (Å²) in [6.07, 6.45) is -0.713. The SMILES string of the molecule is COc1cc([C@H](O)CN)ccc1O. The van der Waals surface area contributed by atoms with E-state index in [0.717, 1.165) is 0 Å². The van der Waals surface area contributed by atoms with Crippen LogP contribution in [0.5, 0.6) is 11.5 Å². The second-order valence-electron chi connectivity index (χ2n) is 2.68. The molecular formula is C9H13NO3. The molecule has 0 spiro atoms. The molecule has 0 aromatic heterocycles. The van der Waals surface area contributed by atoms with Gasteiger partial charge in [-0.05, 0) is 17.7 Å². The molecule has 1 atom stereocenters. The van der Waals surface area contributed by atoms with Gasteiger partial charge < -0.3 is 20.7 Å². The number of hydrogen-bond acceptors (Lipinski definition) is 4. The van der Waals surface area contributed by atoms with Crippen molar-refractivity contribution in [3.05, 3.63) is 23.8 Å².